The average molecular weight is 275 g/mol. The number of unbranched alkanes of at least 4 members (excludes halogenated alkanes) is 2. The fourth-order valence-electron chi connectivity index (χ4n) is 2.66. The quantitative estimate of drug-likeness (QED) is 0.610. The average Bonchev–Trinajstić information content (AvgIpc) is 2.41. The van der Waals surface area contributed by atoms with Gasteiger partial charge in [-0.3, -0.25) is 0 Å². The summed E-state index contributed by atoms with van der Waals surface area (Å²) in [6.07, 6.45) is 7.75. The zero-order chi connectivity index (χ0) is 14.8. The second-order valence-corrected chi connectivity index (χ2v) is 6.96. The van der Waals surface area contributed by atoms with Crippen molar-refractivity contribution in [2.75, 3.05) is 6.54 Å². The molecule has 0 aliphatic rings. The van der Waals surface area contributed by atoms with Crippen molar-refractivity contribution in [2.45, 2.75) is 72.3 Å². The van der Waals surface area contributed by atoms with Crippen molar-refractivity contribution < 1.29 is 0 Å². The summed E-state index contributed by atoms with van der Waals surface area (Å²) in [5.74, 6) is 0. The predicted molar refractivity (Wildman–Crippen MR) is 90.2 cm³/mol. The van der Waals surface area contributed by atoms with Gasteiger partial charge in [-0.05, 0) is 43.2 Å². The highest BCUT2D eigenvalue weighted by atomic mass is 14.9. The second-order valence-electron chi connectivity index (χ2n) is 6.96. The van der Waals surface area contributed by atoms with Crippen LogP contribution in [-0.4, -0.2) is 12.6 Å². The fourth-order valence-corrected chi connectivity index (χ4v) is 2.66. The third kappa shape index (κ3) is 7.09. The normalized spacial score (nSPS) is 13.4. The molecule has 0 aromatic heterocycles. The Morgan fingerprint density at radius 2 is 1.70 bits per heavy atom. The van der Waals surface area contributed by atoms with Crippen LogP contribution in [0.15, 0.2) is 30.3 Å². The highest BCUT2D eigenvalue weighted by Gasteiger charge is 2.22. The second kappa shape index (κ2) is 9.18. The molecule has 0 radical (unpaired) electrons. The van der Waals surface area contributed by atoms with Crippen LogP contribution in [0.2, 0.25) is 0 Å². The number of rotatable bonds is 9. The third-order valence-corrected chi connectivity index (χ3v) is 3.99. The maximum Gasteiger partial charge on any atom is 0.0116 e. The Morgan fingerprint density at radius 3 is 2.30 bits per heavy atom. The van der Waals surface area contributed by atoms with E-state index in [1.165, 1.54) is 44.1 Å². The number of hydrogen-bond acceptors (Lipinski definition) is 1. The molecular weight excluding hydrogens is 242 g/mol. The topological polar surface area (TPSA) is 12.0 Å². The zero-order valence-corrected chi connectivity index (χ0v) is 13.9. The number of aryl methyl sites for hydroxylation is 1. The standard InChI is InChI=1S/C19H33N/c1-5-16-20-18(19(2,3)4)15-11-7-10-14-17-12-8-6-9-13-17/h6,8-9,12-13,18,20H,5,7,10-11,14-16H2,1-4H3. The van der Waals surface area contributed by atoms with E-state index in [1.54, 1.807) is 0 Å². The smallest absolute Gasteiger partial charge is 0.0116 e. The van der Waals surface area contributed by atoms with Crippen LogP contribution in [0.4, 0.5) is 0 Å². The Labute approximate surface area is 126 Å². The van der Waals surface area contributed by atoms with Crippen molar-refractivity contribution in [2.24, 2.45) is 5.41 Å². The summed E-state index contributed by atoms with van der Waals surface area (Å²) in [6.45, 7) is 10.4. The first-order valence-electron chi connectivity index (χ1n) is 8.31. The molecule has 0 aliphatic heterocycles. The van der Waals surface area contributed by atoms with Crippen LogP contribution in [0.25, 0.3) is 0 Å². The molecular formula is C19H33N. The van der Waals surface area contributed by atoms with E-state index in [1.807, 2.05) is 0 Å². The molecule has 0 saturated heterocycles. The van der Waals surface area contributed by atoms with Crippen LogP contribution in [0.1, 0.15) is 65.4 Å². The first-order chi connectivity index (χ1) is 9.54. The van der Waals surface area contributed by atoms with E-state index >= 15 is 0 Å². The van der Waals surface area contributed by atoms with Gasteiger partial charge in [0.25, 0.3) is 0 Å². The molecule has 0 heterocycles. The number of benzene rings is 1. The van der Waals surface area contributed by atoms with Crippen LogP contribution >= 0.6 is 0 Å². The molecule has 1 heteroatoms. The van der Waals surface area contributed by atoms with Crippen LogP contribution in [-0.2, 0) is 6.42 Å². The Morgan fingerprint density at radius 1 is 1.00 bits per heavy atom. The van der Waals surface area contributed by atoms with Gasteiger partial charge in [-0.2, -0.15) is 0 Å². The Bertz CT molecular complexity index is 337. The Hall–Kier alpha value is -0.820. The summed E-state index contributed by atoms with van der Waals surface area (Å²) in [5.41, 5.74) is 1.85. The van der Waals surface area contributed by atoms with E-state index in [2.05, 4.69) is 63.3 Å². The molecule has 0 amide bonds. The SMILES string of the molecule is CCCNC(CCCCCc1ccccc1)C(C)(C)C. The van der Waals surface area contributed by atoms with Gasteiger partial charge in [0, 0.05) is 6.04 Å². The van der Waals surface area contributed by atoms with Gasteiger partial charge >= 0.3 is 0 Å². The summed E-state index contributed by atoms with van der Waals surface area (Å²) in [6, 6.07) is 11.5. The molecule has 1 unspecified atom stereocenters. The van der Waals surface area contributed by atoms with Crippen LogP contribution in [0.3, 0.4) is 0 Å². The minimum Gasteiger partial charge on any atom is -0.313 e. The van der Waals surface area contributed by atoms with Crippen LogP contribution < -0.4 is 5.32 Å². The number of hydrogen-bond donors (Lipinski definition) is 1. The van der Waals surface area contributed by atoms with E-state index < -0.39 is 0 Å². The molecule has 0 spiro atoms. The molecule has 1 atom stereocenters. The molecule has 20 heavy (non-hydrogen) atoms. The maximum atomic E-state index is 3.72. The van der Waals surface area contributed by atoms with Gasteiger partial charge in [0.05, 0.1) is 0 Å². The third-order valence-electron chi connectivity index (χ3n) is 3.99. The molecule has 1 nitrogen and oxygen atoms in total. The van der Waals surface area contributed by atoms with Crippen molar-refractivity contribution in [3.05, 3.63) is 35.9 Å². The minimum absolute atomic E-state index is 0.370. The van der Waals surface area contributed by atoms with E-state index in [-0.39, 0.29) is 0 Å². The molecule has 114 valence electrons. The molecule has 1 rings (SSSR count). The monoisotopic (exact) mass is 275 g/mol. The fraction of sp³-hybridized carbons (Fsp3) is 0.684. The van der Waals surface area contributed by atoms with E-state index in [9.17, 15) is 0 Å². The lowest BCUT2D eigenvalue weighted by Crippen LogP contribution is -2.40. The summed E-state index contributed by atoms with van der Waals surface area (Å²) in [7, 11) is 0. The molecule has 0 saturated carbocycles. The van der Waals surface area contributed by atoms with Gasteiger partial charge in [0.15, 0.2) is 0 Å². The van der Waals surface area contributed by atoms with Crippen LogP contribution in [0, 0.1) is 5.41 Å². The van der Waals surface area contributed by atoms with E-state index in [0.717, 1.165) is 6.54 Å². The first-order valence-corrected chi connectivity index (χ1v) is 8.31. The van der Waals surface area contributed by atoms with E-state index in [0.29, 0.717) is 11.5 Å². The molecule has 1 N–H and O–H groups in total. The van der Waals surface area contributed by atoms with Crippen LogP contribution in [0.5, 0.6) is 0 Å². The molecule has 0 aliphatic carbocycles. The lowest BCUT2D eigenvalue weighted by atomic mass is 9.83. The van der Waals surface area contributed by atoms with Gasteiger partial charge in [-0.25, -0.2) is 0 Å². The largest absolute Gasteiger partial charge is 0.313 e. The van der Waals surface area contributed by atoms with Crippen molar-refractivity contribution in [1.82, 2.24) is 5.32 Å². The molecule has 0 fully saturated rings. The highest BCUT2D eigenvalue weighted by Crippen LogP contribution is 2.24. The minimum atomic E-state index is 0.370. The Kier molecular flexibility index (Phi) is 7.91. The molecule has 1 aromatic rings. The van der Waals surface area contributed by atoms with Gasteiger partial charge in [-0.15, -0.1) is 0 Å². The predicted octanol–water partition coefficient (Wildman–Crippen LogP) is 5.20. The molecule has 0 bridgehead atoms. The van der Waals surface area contributed by atoms with Gasteiger partial charge in [0.2, 0.25) is 0 Å². The summed E-state index contributed by atoms with van der Waals surface area (Å²) in [5, 5.41) is 3.72. The van der Waals surface area contributed by atoms with E-state index in [4.69, 9.17) is 0 Å². The Balaban J connectivity index is 2.20. The lowest BCUT2D eigenvalue weighted by Gasteiger charge is -2.32. The molecule has 1 aromatic carbocycles. The summed E-state index contributed by atoms with van der Waals surface area (Å²) < 4.78 is 0. The van der Waals surface area contributed by atoms with Gasteiger partial charge in [0.1, 0.15) is 0 Å². The summed E-state index contributed by atoms with van der Waals surface area (Å²) in [4.78, 5) is 0. The number of nitrogens with one attached hydrogen (secondary N) is 1. The summed E-state index contributed by atoms with van der Waals surface area (Å²) >= 11 is 0. The highest BCUT2D eigenvalue weighted by molar-refractivity contribution is 5.14. The maximum absolute atomic E-state index is 3.72. The van der Waals surface area contributed by atoms with Gasteiger partial charge < -0.3 is 5.32 Å². The zero-order valence-electron chi connectivity index (χ0n) is 13.9. The van der Waals surface area contributed by atoms with Crippen molar-refractivity contribution in [3.8, 4) is 0 Å². The first kappa shape index (κ1) is 17.2. The van der Waals surface area contributed by atoms with Crippen molar-refractivity contribution in [1.29, 1.82) is 0 Å². The van der Waals surface area contributed by atoms with Crippen molar-refractivity contribution in [3.63, 3.8) is 0 Å². The van der Waals surface area contributed by atoms with Crippen molar-refractivity contribution >= 4 is 0 Å². The lowest BCUT2D eigenvalue weighted by molar-refractivity contribution is 0.249. The van der Waals surface area contributed by atoms with Gasteiger partial charge in [-0.1, -0.05) is 70.9 Å².